The molecule has 1 saturated heterocycles. The predicted molar refractivity (Wildman–Crippen MR) is 92.7 cm³/mol. The van der Waals surface area contributed by atoms with Crippen molar-refractivity contribution in [2.75, 3.05) is 6.54 Å². The van der Waals surface area contributed by atoms with Crippen LogP contribution in [0.4, 0.5) is 13.2 Å². The number of likely N-dealkylation sites (tertiary alicyclic amines) is 1. The number of halogens is 3. The number of aromatic nitrogens is 2. The average molecular weight is 375 g/mol. The van der Waals surface area contributed by atoms with Crippen LogP contribution in [0.2, 0.25) is 0 Å². The van der Waals surface area contributed by atoms with Gasteiger partial charge in [-0.3, -0.25) is 4.79 Å². The summed E-state index contributed by atoms with van der Waals surface area (Å²) < 4.78 is 40.9. The van der Waals surface area contributed by atoms with Crippen molar-refractivity contribution in [2.45, 2.75) is 56.7 Å². The van der Waals surface area contributed by atoms with Gasteiger partial charge in [0, 0.05) is 30.6 Å². The topological polar surface area (TPSA) is 38.1 Å². The molecule has 1 aromatic carbocycles. The third-order valence-corrected chi connectivity index (χ3v) is 5.92. The highest BCUT2D eigenvalue weighted by Gasteiger charge is 2.38. The molecule has 5 rings (SSSR count). The number of alkyl halides is 3. The van der Waals surface area contributed by atoms with Crippen molar-refractivity contribution in [3.63, 3.8) is 0 Å². The van der Waals surface area contributed by atoms with Gasteiger partial charge in [0.25, 0.3) is 0 Å². The van der Waals surface area contributed by atoms with Crippen molar-refractivity contribution in [1.29, 1.82) is 0 Å². The Morgan fingerprint density at radius 1 is 1.07 bits per heavy atom. The van der Waals surface area contributed by atoms with E-state index in [-0.39, 0.29) is 17.9 Å². The Labute approximate surface area is 155 Å². The molecule has 2 aromatic rings. The van der Waals surface area contributed by atoms with E-state index in [2.05, 4.69) is 5.10 Å². The highest BCUT2D eigenvalue weighted by atomic mass is 19.4. The summed E-state index contributed by atoms with van der Waals surface area (Å²) in [4.78, 5) is 14.0. The largest absolute Gasteiger partial charge is 0.435 e. The quantitative estimate of drug-likeness (QED) is 0.817. The number of carbonyl (C=O) groups excluding carboxylic acids is 1. The van der Waals surface area contributed by atoms with Gasteiger partial charge in [-0.2, -0.15) is 18.3 Å². The minimum Gasteiger partial charge on any atom is -0.339 e. The molecule has 3 aliphatic rings. The lowest BCUT2D eigenvalue weighted by atomic mass is 10.1. The van der Waals surface area contributed by atoms with E-state index < -0.39 is 11.9 Å². The first-order valence-corrected chi connectivity index (χ1v) is 9.49. The fraction of sp³-hybridized carbons (Fsp3) is 0.500. The Hall–Kier alpha value is -2.31. The molecule has 1 atom stereocenters. The molecular formula is C20H20F3N3O. The molecule has 142 valence electrons. The maximum absolute atomic E-state index is 13.1. The normalized spacial score (nSPS) is 22.6. The molecule has 2 aliphatic carbocycles. The standard InChI is InChI=1S/C20H20F3N3O/c21-20(22,23)18-11-17(12-3-4-12)26(24-18)15-6-5-13-8-16(10-14(13)9-15)25-7-1-2-19(25)27/h5-6,9,11-12,16H,1-4,7-8,10H2/t16-/m0/s1. The van der Waals surface area contributed by atoms with Gasteiger partial charge in [0.05, 0.1) is 5.69 Å². The van der Waals surface area contributed by atoms with Crippen molar-refractivity contribution in [1.82, 2.24) is 14.7 Å². The lowest BCUT2D eigenvalue weighted by Gasteiger charge is -2.23. The number of amides is 1. The Morgan fingerprint density at radius 2 is 1.85 bits per heavy atom. The lowest BCUT2D eigenvalue weighted by molar-refractivity contribution is -0.141. The van der Waals surface area contributed by atoms with Gasteiger partial charge in [-0.05, 0) is 61.4 Å². The molecule has 0 bridgehead atoms. The number of carbonyl (C=O) groups is 1. The molecule has 7 heteroatoms. The molecule has 4 nitrogen and oxygen atoms in total. The Balaban J connectivity index is 1.47. The Kier molecular flexibility index (Phi) is 3.64. The highest BCUT2D eigenvalue weighted by molar-refractivity contribution is 5.78. The molecule has 2 heterocycles. The molecule has 1 saturated carbocycles. The van der Waals surface area contributed by atoms with Crippen LogP contribution >= 0.6 is 0 Å². The minimum absolute atomic E-state index is 0.164. The van der Waals surface area contributed by atoms with E-state index in [0.29, 0.717) is 17.8 Å². The maximum atomic E-state index is 13.1. The average Bonchev–Trinajstić information content (AvgIpc) is 3.05. The molecule has 1 aromatic heterocycles. The smallest absolute Gasteiger partial charge is 0.339 e. The molecule has 0 spiro atoms. The number of benzene rings is 1. The molecular weight excluding hydrogens is 355 g/mol. The van der Waals surface area contributed by atoms with Gasteiger partial charge in [0.1, 0.15) is 0 Å². The van der Waals surface area contributed by atoms with Gasteiger partial charge in [-0.15, -0.1) is 0 Å². The molecule has 1 aliphatic heterocycles. The first-order chi connectivity index (χ1) is 12.9. The second-order valence-electron chi connectivity index (χ2n) is 7.84. The van der Waals surface area contributed by atoms with E-state index in [1.54, 1.807) is 0 Å². The van der Waals surface area contributed by atoms with Crippen LogP contribution in [-0.4, -0.2) is 33.2 Å². The van der Waals surface area contributed by atoms with Crippen LogP contribution < -0.4 is 0 Å². The number of nitrogens with zero attached hydrogens (tertiary/aromatic N) is 3. The fourth-order valence-electron chi connectivity index (χ4n) is 4.40. The van der Waals surface area contributed by atoms with E-state index in [4.69, 9.17) is 0 Å². The van der Waals surface area contributed by atoms with Crippen molar-refractivity contribution in [3.05, 3.63) is 46.8 Å². The zero-order chi connectivity index (χ0) is 18.8. The lowest BCUT2D eigenvalue weighted by Crippen LogP contribution is -2.36. The Bertz CT molecular complexity index is 914. The molecule has 0 radical (unpaired) electrons. The van der Waals surface area contributed by atoms with E-state index >= 15 is 0 Å². The summed E-state index contributed by atoms with van der Waals surface area (Å²) in [7, 11) is 0. The second kappa shape index (κ2) is 5.84. The van der Waals surface area contributed by atoms with Crippen molar-refractivity contribution in [2.24, 2.45) is 0 Å². The van der Waals surface area contributed by atoms with Crippen LogP contribution in [0, 0.1) is 0 Å². The SMILES string of the molecule is O=C1CCCN1[C@H]1Cc2ccc(-n3nc(C(F)(F)F)cc3C3CC3)cc2C1. The van der Waals surface area contributed by atoms with E-state index in [1.807, 2.05) is 23.1 Å². The minimum atomic E-state index is -4.44. The van der Waals surface area contributed by atoms with Crippen LogP contribution in [0.25, 0.3) is 5.69 Å². The van der Waals surface area contributed by atoms with E-state index in [1.165, 1.54) is 16.3 Å². The van der Waals surface area contributed by atoms with Crippen molar-refractivity contribution >= 4 is 5.91 Å². The summed E-state index contributed by atoms with van der Waals surface area (Å²) in [6, 6.07) is 7.16. The Morgan fingerprint density at radius 3 is 2.52 bits per heavy atom. The molecule has 1 amide bonds. The van der Waals surface area contributed by atoms with Crippen LogP contribution in [0.15, 0.2) is 24.3 Å². The summed E-state index contributed by atoms with van der Waals surface area (Å²) in [5.74, 6) is 0.378. The highest BCUT2D eigenvalue weighted by Crippen LogP contribution is 2.43. The van der Waals surface area contributed by atoms with Crippen molar-refractivity contribution in [3.8, 4) is 5.69 Å². The van der Waals surface area contributed by atoms with Crippen molar-refractivity contribution < 1.29 is 18.0 Å². The van der Waals surface area contributed by atoms with Crippen LogP contribution in [0.1, 0.15) is 54.1 Å². The van der Waals surface area contributed by atoms with E-state index in [9.17, 15) is 18.0 Å². The number of hydrogen-bond acceptors (Lipinski definition) is 2. The third kappa shape index (κ3) is 2.93. The van der Waals surface area contributed by atoms with Gasteiger partial charge in [-0.1, -0.05) is 6.07 Å². The zero-order valence-corrected chi connectivity index (χ0v) is 14.8. The first kappa shape index (κ1) is 16.8. The summed E-state index contributed by atoms with van der Waals surface area (Å²) in [5.41, 5.74) is 2.79. The summed E-state index contributed by atoms with van der Waals surface area (Å²) in [5, 5.41) is 3.87. The molecule has 0 unspecified atom stereocenters. The molecule has 2 fully saturated rings. The third-order valence-electron chi connectivity index (χ3n) is 5.92. The van der Waals surface area contributed by atoms with Gasteiger partial charge in [-0.25, -0.2) is 4.68 Å². The van der Waals surface area contributed by atoms with Crippen LogP contribution in [0.3, 0.4) is 0 Å². The van der Waals surface area contributed by atoms with Gasteiger partial charge in [0.2, 0.25) is 5.91 Å². The summed E-state index contributed by atoms with van der Waals surface area (Å²) in [6.45, 7) is 0.810. The van der Waals surface area contributed by atoms with Crippen LogP contribution in [-0.2, 0) is 23.8 Å². The number of rotatable bonds is 3. The van der Waals surface area contributed by atoms with Gasteiger partial charge in [0.15, 0.2) is 5.69 Å². The summed E-state index contributed by atoms with van der Waals surface area (Å²) >= 11 is 0. The summed E-state index contributed by atoms with van der Waals surface area (Å²) in [6.07, 6.45) is 0.503. The van der Waals surface area contributed by atoms with Gasteiger partial charge >= 0.3 is 6.18 Å². The second-order valence-corrected chi connectivity index (χ2v) is 7.84. The molecule has 27 heavy (non-hydrogen) atoms. The maximum Gasteiger partial charge on any atom is 0.435 e. The fourth-order valence-corrected chi connectivity index (χ4v) is 4.40. The zero-order valence-electron chi connectivity index (χ0n) is 14.8. The number of fused-ring (bicyclic) bond motifs is 1. The van der Waals surface area contributed by atoms with Crippen LogP contribution in [0.5, 0.6) is 0 Å². The monoisotopic (exact) mass is 375 g/mol. The van der Waals surface area contributed by atoms with Gasteiger partial charge < -0.3 is 4.90 Å². The van der Waals surface area contributed by atoms with E-state index in [0.717, 1.165) is 44.2 Å². The predicted octanol–water partition coefficient (Wildman–Crippen LogP) is 3.86. The first-order valence-electron chi connectivity index (χ1n) is 9.49. The molecule has 0 N–H and O–H groups in total. The number of hydrogen-bond donors (Lipinski definition) is 0.